The van der Waals surface area contributed by atoms with Gasteiger partial charge in [0.1, 0.15) is 5.82 Å². The predicted octanol–water partition coefficient (Wildman–Crippen LogP) is 4.70. The van der Waals surface area contributed by atoms with E-state index in [0.29, 0.717) is 25.7 Å². The van der Waals surface area contributed by atoms with E-state index in [0.717, 1.165) is 47.3 Å². The molecule has 3 aliphatic carbocycles. The molecule has 3 aromatic rings. The van der Waals surface area contributed by atoms with Gasteiger partial charge >= 0.3 is 0 Å². The minimum absolute atomic E-state index is 0.243. The molecule has 2 aromatic carbocycles. The Labute approximate surface area is 217 Å². The van der Waals surface area contributed by atoms with Crippen molar-refractivity contribution in [3.63, 3.8) is 0 Å². The second kappa shape index (κ2) is 8.89. The first-order valence-electron chi connectivity index (χ1n) is 13.0. The minimum atomic E-state index is -3.25. The van der Waals surface area contributed by atoms with Crippen LogP contribution in [0.5, 0.6) is 0 Å². The van der Waals surface area contributed by atoms with E-state index in [9.17, 15) is 17.9 Å². The van der Waals surface area contributed by atoms with Gasteiger partial charge in [-0.2, -0.15) is 5.10 Å². The van der Waals surface area contributed by atoms with Crippen LogP contribution in [0.1, 0.15) is 61.4 Å². The smallest absolute Gasteiger partial charge is 0.214 e. The van der Waals surface area contributed by atoms with Crippen LogP contribution in [-0.2, 0) is 29.4 Å². The summed E-state index contributed by atoms with van der Waals surface area (Å²) in [5.41, 5.74) is 4.84. The van der Waals surface area contributed by atoms with Crippen molar-refractivity contribution in [2.45, 2.75) is 69.3 Å². The first-order chi connectivity index (χ1) is 17.7. The zero-order valence-electron chi connectivity index (χ0n) is 21.0. The van der Waals surface area contributed by atoms with Gasteiger partial charge in [-0.05, 0) is 92.0 Å². The van der Waals surface area contributed by atoms with Gasteiger partial charge in [-0.25, -0.2) is 22.2 Å². The molecule has 0 unspecified atom stereocenters. The molecule has 3 aliphatic rings. The van der Waals surface area contributed by atoms with Crippen molar-refractivity contribution < 1.29 is 17.9 Å². The predicted molar refractivity (Wildman–Crippen MR) is 141 cm³/mol. The molecule has 0 bridgehead atoms. The van der Waals surface area contributed by atoms with Gasteiger partial charge in [-0.3, -0.25) is 0 Å². The molecule has 2 saturated carbocycles. The van der Waals surface area contributed by atoms with Crippen molar-refractivity contribution in [1.82, 2.24) is 14.5 Å². The maximum atomic E-state index is 13.4. The summed E-state index contributed by atoms with van der Waals surface area (Å²) < 4.78 is 42.7. The Kier molecular flexibility index (Phi) is 5.89. The third-order valence-corrected chi connectivity index (χ3v) is 10.6. The normalized spacial score (nSPS) is 25.0. The number of nitrogens with zero attached hydrogens (tertiary/aromatic N) is 2. The summed E-state index contributed by atoms with van der Waals surface area (Å²) in [5, 5.41) is 16.3. The zero-order valence-corrected chi connectivity index (χ0v) is 21.8. The van der Waals surface area contributed by atoms with Gasteiger partial charge in [0.05, 0.1) is 28.4 Å². The number of aryl methyl sites for hydroxylation is 1. The average Bonchev–Trinajstić information content (AvgIpc) is 3.63. The summed E-state index contributed by atoms with van der Waals surface area (Å²) >= 11 is 0. The van der Waals surface area contributed by atoms with Crippen molar-refractivity contribution in [3.05, 3.63) is 88.5 Å². The van der Waals surface area contributed by atoms with Crippen LogP contribution in [0.25, 0.3) is 11.8 Å². The first kappa shape index (κ1) is 24.5. The Morgan fingerprint density at radius 2 is 1.86 bits per heavy atom. The Morgan fingerprint density at radius 3 is 2.59 bits per heavy atom. The molecule has 194 valence electrons. The SMILES string of the molecule is C[C@]12Cc3cnn(-c4ccc(F)cc4)c3C=C1CC[C@@]2(O)CCc1ccccc1CNS(=O)(=O)C1CC1. The first-order valence-corrected chi connectivity index (χ1v) is 14.5. The van der Waals surface area contributed by atoms with Crippen molar-refractivity contribution >= 4 is 16.1 Å². The van der Waals surface area contributed by atoms with E-state index in [1.165, 1.54) is 17.7 Å². The lowest BCUT2D eigenvalue weighted by Gasteiger charge is -2.42. The summed E-state index contributed by atoms with van der Waals surface area (Å²) in [7, 11) is -3.25. The second-order valence-corrected chi connectivity index (χ2v) is 13.0. The van der Waals surface area contributed by atoms with Crippen LogP contribution in [0.4, 0.5) is 4.39 Å². The fourth-order valence-electron chi connectivity index (χ4n) is 6.11. The Balaban J connectivity index is 1.21. The number of fused-ring (bicyclic) bond motifs is 2. The molecule has 0 radical (unpaired) electrons. The summed E-state index contributed by atoms with van der Waals surface area (Å²) in [6.45, 7) is 2.43. The van der Waals surface area contributed by atoms with Gasteiger partial charge in [-0.15, -0.1) is 0 Å². The number of nitrogens with one attached hydrogen (secondary N) is 1. The monoisotopic (exact) mass is 521 g/mol. The second-order valence-electron chi connectivity index (χ2n) is 11.0. The molecule has 8 heteroatoms. The average molecular weight is 522 g/mol. The van der Waals surface area contributed by atoms with Crippen molar-refractivity contribution in [1.29, 1.82) is 0 Å². The molecule has 2 N–H and O–H groups in total. The molecule has 2 fully saturated rings. The molecule has 0 spiro atoms. The lowest BCUT2D eigenvalue weighted by molar-refractivity contribution is -0.0461. The van der Waals surface area contributed by atoms with Gasteiger partial charge < -0.3 is 5.11 Å². The molecule has 6 rings (SSSR count). The molecule has 0 aliphatic heterocycles. The highest BCUT2D eigenvalue weighted by molar-refractivity contribution is 7.90. The van der Waals surface area contributed by atoms with Crippen molar-refractivity contribution in [3.8, 4) is 5.69 Å². The minimum Gasteiger partial charge on any atom is -0.389 e. The van der Waals surface area contributed by atoms with Crippen LogP contribution in [0, 0.1) is 11.2 Å². The summed E-state index contributed by atoms with van der Waals surface area (Å²) in [5.74, 6) is -0.279. The van der Waals surface area contributed by atoms with Gasteiger partial charge in [0, 0.05) is 12.0 Å². The molecule has 37 heavy (non-hydrogen) atoms. The van der Waals surface area contributed by atoms with Crippen LogP contribution < -0.4 is 4.72 Å². The fourth-order valence-corrected chi connectivity index (χ4v) is 7.46. The van der Waals surface area contributed by atoms with Crippen LogP contribution >= 0.6 is 0 Å². The number of benzene rings is 2. The molecular weight excluding hydrogens is 489 g/mol. The highest BCUT2D eigenvalue weighted by Crippen LogP contribution is 2.56. The van der Waals surface area contributed by atoms with Crippen LogP contribution in [0.3, 0.4) is 0 Å². The lowest BCUT2D eigenvalue weighted by atomic mass is 9.65. The maximum absolute atomic E-state index is 13.4. The number of hydrogen-bond acceptors (Lipinski definition) is 4. The van der Waals surface area contributed by atoms with E-state index in [1.807, 2.05) is 35.1 Å². The van der Waals surface area contributed by atoms with Crippen molar-refractivity contribution in [2.75, 3.05) is 0 Å². The topological polar surface area (TPSA) is 84.2 Å². The third-order valence-electron chi connectivity index (χ3n) is 8.71. The van der Waals surface area contributed by atoms with Crippen molar-refractivity contribution in [2.24, 2.45) is 5.41 Å². The van der Waals surface area contributed by atoms with Crippen LogP contribution in [0.15, 0.2) is 60.3 Å². The highest BCUT2D eigenvalue weighted by atomic mass is 32.2. The Morgan fingerprint density at radius 1 is 1.14 bits per heavy atom. The molecule has 1 aromatic heterocycles. The lowest BCUT2D eigenvalue weighted by Crippen LogP contribution is -2.45. The molecular formula is C29H32FN3O3S. The van der Waals surface area contributed by atoms with Gasteiger partial charge in [0.25, 0.3) is 0 Å². The molecule has 0 saturated heterocycles. The summed E-state index contributed by atoms with van der Waals surface area (Å²) in [6.07, 6.45) is 8.94. The van der Waals surface area contributed by atoms with E-state index in [4.69, 9.17) is 0 Å². The number of rotatable bonds is 8. The van der Waals surface area contributed by atoms with Crippen LogP contribution in [0.2, 0.25) is 0 Å². The van der Waals surface area contributed by atoms with Gasteiger partial charge in [0.15, 0.2) is 0 Å². The summed E-state index contributed by atoms with van der Waals surface area (Å²) in [4.78, 5) is 0. The van der Waals surface area contributed by atoms with E-state index >= 15 is 0 Å². The number of halogens is 1. The number of hydrogen-bond donors (Lipinski definition) is 2. The van der Waals surface area contributed by atoms with E-state index < -0.39 is 21.0 Å². The van der Waals surface area contributed by atoms with Gasteiger partial charge in [-0.1, -0.05) is 36.8 Å². The quantitative estimate of drug-likeness (QED) is 0.450. The maximum Gasteiger partial charge on any atom is 0.214 e. The third kappa shape index (κ3) is 4.35. The number of aliphatic hydroxyl groups is 1. The summed E-state index contributed by atoms with van der Waals surface area (Å²) in [6, 6.07) is 14.2. The number of aromatic nitrogens is 2. The standard InChI is InChI=1S/C29H32FN3O3S/c1-28-17-22-18-31-33(25-8-6-24(30)7-9-25)27(22)16-23(28)13-15-29(28,34)14-12-20-4-2-3-5-21(20)19-32-37(35,36)26-10-11-26/h2-9,16,18,26,32,34H,10-15,17,19H2,1H3/t28-,29-/m0/s1. The molecule has 2 atom stereocenters. The molecule has 6 nitrogen and oxygen atoms in total. The largest absolute Gasteiger partial charge is 0.389 e. The van der Waals surface area contributed by atoms with E-state index in [2.05, 4.69) is 22.8 Å². The Bertz CT molecular complexity index is 1480. The Hall–Kier alpha value is -2.81. The zero-order chi connectivity index (χ0) is 25.8. The van der Waals surface area contributed by atoms with E-state index in [-0.39, 0.29) is 17.6 Å². The molecule has 0 amide bonds. The fraction of sp³-hybridized carbons (Fsp3) is 0.414. The number of sulfonamides is 1. The highest BCUT2D eigenvalue weighted by Gasteiger charge is 2.54. The van der Waals surface area contributed by atoms with Crippen LogP contribution in [-0.4, -0.2) is 34.2 Å². The molecule has 1 heterocycles. The van der Waals surface area contributed by atoms with E-state index in [1.54, 1.807) is 12.1 Å². The van der Waals surface area contributed by atoms with Gasteiger partial charge in [0.2, 0.25) is 10.0 Å².